The standard InChI is InChI=1S/C15H21N3O2/c1-20-15(19)12-8-11(16)9-17-14(12)18-7-3-5-10-4-2-6-13(10)18/h8-10,13H,2-7,16H2,1H3. The topological polar surface area (TPSA) is 68.5 Å². The summed E-state index contributed by atoms with van der Waals surface area (Å²) in [5.74, 6) is 1.12. The van der Waals surface area contributed by atoms with Crippen molar-refractivity contribution in [3.8, 4) is 0 Å². The van der Waals surface area contributed by atoms with E-state index in [4.69, 9.17) is 10.5 Å². The number of esters is 1. The van der Waals surface area contributed by atoms with Gasteiger partial charge in [0.25, 0.3) is 0 Å². The molecule has 20 heavy (non-hydrogen) atoms. The van der Waals surface area contributed by atoms with Crippen molar-refractivity contribution < 1.29 is 9.53 Å². The van der Waals surface area contributed by atoms with Gasteiger partial charge < -0.3 is 15.4 Å². The number of fused-ring (bicyclic) bond motifs is 1. The van der Waals surface area contributed by atoms with Crippen molar-refractivity contribution in [1.82, 2.24) is 4.98 Å². The van der Waals surface area contributed by atoms with Crippen molar-refractivity contribution >= 4 is 17.5 Å². The van der Waals surface area contributed by atoms with Gasteiger partial charge in [0.1, 0.15) is 11.4 Å². The fourth-order valence-electron chi connectivity index (χ4n) is 3.68. The molecule has 0 bridgehead atoms. The highest BCUT2D eigenvalue weighted by Crippen LogP contribution is 2.39. The summed E-state index contributed by atoms with van der Waals surface area (Å²) in [6.07, 6.45) is 7.84. The normalized spacial score (nSPS) is 25.4. The van der Waals surface area contributed by atoms with E-state index < -0.39 is 0 Å². The number of carbonyl (C=O) groups is 1. The highest BCUT2D eigenvalue weighted by molar-refractivity contribution is 5.95. The summed E-state index contributed by atoms with van der Waals surface area (Å²) < 4.78 is 4.87. The van der Waals surface area contributed by atoms with Crippen molar-refractivity contribution in [3.05, 3.63) is 17.8 Å². The summed E-state index contributed by atoms with van der Waals surface area (Å²) in [5.41, 5.74) is 6.75. The van der Waals surface area contributed by atoms with Gasteiger partial charge in [-0.2, -0.15) is 0 Å². The van der Waals surface area contributed by atoms with Crippen molar-refractivity contribution in [2.24, 2.45) is 5.92 Å². The van der Waals surface area contributed by atoms with Crippen LogP contribution in [0.25, 0.3) is 0 Å². The maximum Gasteiger partial charge on any atom is 0.341 e. The molecule has 1 aliphatic heterocycles. The molecule has 1 saturated heterocycles. The predicted octanol–water partition coefficient (Wildman–Crippen LogP) is 2.22. The lowest BCUT2D eigenvalue weighted by molar-refractivity contribution is 0.0600. The second-order valence-corrected chi connectivity index (χ2v) is 5.73. The van der Waals surface area contributed by atoms with E-state index in [1.165, 1.54) is 32.8 Å². The second kappa shape index (κ2) is 5.31. The monoisotopic (exact) mass is 275 g/mol. The van der Waals surface area contributed by atoms with E-state index in [1.807, 2.05) is 0 Å². The zero-order chi connectivity index (χ0) is 14.1. The lowest BCUT2D eigenvalue weighted by atomic mass is 9.91. The molecule has 5 nitrogen and oxygen atoms in total. The van der Waals surface area contributed by atoms with E-state index in [0.717, 1.165) is 24.7 Å². The van der Waals surface area contributed by atoms with E-state index in [1.54, 1.807) is 12.3 Å². The van der Waals surface area contributed by atoms with Crippen molar-refractivity contribution in [3.63, 3.8) is 0 Å². The van der Waals surface area contributed by atoms with Crippen LogP contribution in [0.3, 0.4) is 0 Å². The van der Waals surface area contributed by atoms with Gasteiger partial charge in [-0.15, -0.1) is 0 Å². The molecule has 0 radical (unpaired) electrons. The molecule has 0 aromatic carbocycles. The number of nitrogen functional groups attached to an aromatic ring is 1. The average molecular weight is 275 g/mol. The number of carbonyl (C=O) groups excluding carboxylic acids is 1. The van der Waals surface area contributed by atoms with Gasteiger partial charge in [0.05, 0.1) is 19.0 Å². The number of methoxy groups -OCH3 is 1. The number of hydrogen-bond donors (Lipinski definition) is 1. The molecular weight excluding hydrogens is 254 g/mol. The first-order valence-corrected chi connectivity index (χ1v) is 7.31. The van der Waals surface area contributed by atoms with Crippen molar-refractivity contribution in [2.45, 2.75) is 38.1 Å². The fraction of sp³-hybridized carbons (Fsp3) is 0.600. The summed E-state index contributed by atoms with van der Waals surface area (Å²) in [6.45, 7) is 0.960. The number of anilines is 2. The average Bonchev–Trinajstić information content (AvgIpc) is 2.95. The molecule has 0 spiro atoms. The zero-order valence-electron chi connectivity index (χ0n) is 11.8. The van der Waals surface area contributed by atoms with Gasteiger partial charge in [-0.25, -0.2) is 9.78 Å². The summed E-state index contributed by atoms with van der Waals surface area (Å²) in [5, 5.41) is 0. The molecule has 2 atom stereocenters. The molecule has 2 aliphatic rings. The quantitative estimate of drug-likeness (QED) is 0.838. The third kappa shape index (κ3) is 2.21. The van der Waals surface area contributed by atoms with Crippen LogP contribution in [0.4, 0.5) is 11.5 Å². The predicted molar refractivity (Wildman–Crippen MR) is 77.7 cm³/mol. The summed E-state index contributed by atoms with van der Waals surface area (Å²) >= 11 is 0. The SMILES string of the molecule is COC(=O)c1cc(N)cnc1N1CCCC2CCCC21. The third-order valence-electron chi connectivity index (χ3n) is 4.56. The smallest absolute Gasteiger partial charge is 0.341 e. The highest BCUT2D eigenvalue weighted by atomic mass is 16.5. The number of hydrogen-bond acceptors (Lipinski definition) is 5. The maximum absolute atomic E-state index is 12.0. The number of pyridine rings is 1. The Bertz CT molecular complexity index is 518. The van der Waals surface area contributed by atoms with Gasteiger partial charge >= 0.3 is 5.97 Å². The van der Waals surface area contributed by atoms with Gasteiger partial charge in [0.15, 0.2) is 0 Å². The summed E-state index contributed by atoms with van der Waals surface area (Å²) in [7, 11) is 1.39. The van der Waals surface area contributed by atoms with Crippen molar-refractivity contribution in [2.75, 3.05) is 24.3 Å². The maximum atomic E-state index is 12.0. The van der Waals surface area contributed by atoms with Crippen LogP contribution in [-0.2, 0) is 4.74 Å². The second-order valence-electron chi connectivity index (χ2n) is 5.73. The van der Waals surface area contributed by atoms with E-state index in [9.17, 15) is 4.79 Å². The minimum atomic E-state index is -0.361. The molecule has 108 valence electrons. The summed E-state index contributed by atoms with van der Waals surface area (Å²) in [6, 6.07) is 2.19. The third-order valence-corrected chi connectivity index (χ3v) is 4.56. The first-order valence-electron chi connectivity index (χ1n) is 7.31. The van der Waals surface area contributed by atoms with Crippen LogP contribution in [0.5, 0.6) is 0 Å². The number of nitrogens with zero attached hydrogens (tertiary/aromatic N) is 2. The van der Waals surface area contributed by atoms with Crippen LogP contribution in [-0.4, -0.2) is 30.6 Å². The molecule has 2 heterocycles. The number of ether oxygens (including phenoxy) is 1. The van der Waals surface area contributed by atoms with E-state index in [-0.39, 0.29) is 5.97 Å². The Morgan fingerprint density at radius 1 is 1.40 bits per heavy atom. The van der Waals surface area contributed by atoms with Crippen LogP contribution >= 0.6 is 0 Å². The van der Waals surface area contributed by atoms with Crippen LogP contribution in [0.2, 0.25) is 0 Å². The molecule has 2 fully saturated rings. The molecular formula is C15H21N3O2. The Labute approximate surface area is 119 Å². The molecule has 5 heteroatoms. The minimum absolute atomic E-state index is 0.361. The molecule has 3 rings (SSSR count). The number of piperidine rings is 1. The van der Waals surface area contributed by atoms with Gasteiger partial charge in [-0.3, -0.25) is 0 Å². The van der Waals surface area contributed by atoms with Gasteiger partial charge in [0, 0.05) is 12.6 Å². The van der Waals surface area contributed by atoms with Crippen LogP contribution in [0.15, 0.2) is 12.3 Å². The number of aromatic nitrogens is 1. The minimum Gasteiger partial charge on any atom is -0.465 e. The van der Waals surface area contributed by atoms with Crippen LogP contribution < -0.4 is 10.6 Å². The van der Waals surface area contributed by atoms with Crippen LogP contribution in [0, 0.1) is 5.92 Å². The molecule has 0 amide bonds. The molecule has 1 saturated carbocycles. The first kappa shape index (κ1) is 13.2. The largest absolute Gasteiger partial charge is 0.465 e. The number of rotatable bonds is 2. The van der Waals surface area contributed by atoms with Gasteiger partial charge in [-0.05, 0) is 37.7 Å². The zero-order valence-corrected chi connectivity index (χ0v) is 11.8. The lowest BCUT2D eigenvalue weighted by Crippen LogP contribution is -2.43. The Morgan fingerprint density at radius 3 is 3.00 bits per heavy atom. The van der Waals surface area contributed by atoms with Crippen molar-refractivity contribution in [1.29, 1.82) is 0 Å². The van der Waals surface area contributed by atoms with Gasteiger partial charge in [0.2, 0.25) is 0 Å². The molecule has 1 aromatic heterocycles. The van der Waals surface area contributed by atoms with E-state index in [0.29, 0.717) is 17.3 Å². The van der Waals surface area contributed by atoms with E-state index >= 15 is 0 Å². The van der Waals surface area contributed by atoms with E-state index in [2.05, 4.69) is 9.88 Å². The summed E-state index contributed by atoms with van der Waals surface area (Å²) in [4.78, 5) is 18.7. The highest BCUT2D eigenvalue weighted by Gasteiger charge is 2.37. The molecule has 2 unspecified atom stereocenters. The van der Waals surface area contributed by atoms with Gasteiger partial charge in [-0.1, -0.05) is 6.42 Å². The molecule has 2 N–H and O–H groups in total. The van der Waals surface area contributed by atoms with Crippen LogP contribution in [0.1, 0.15) is 42.5 Å². The Kier molecular flexibility index (Phi) is 3.51. The lowest BCUT2D eigenvalue weighted by Gasteiger charge is -2.39. The molecule has 1 aromatic rings. The Hall–Kier alpha value is -1.78. The Balaban J connectivity index is 1.98. The first-order chi connectivity index (χ1) is 9.70. The molecule has 1 aliphatic carbocycles. The Morgan fingerprint density at radius 2 is 2.20 bits per heavy atom. The number of nitrogens with two attached hydrogens (primary N) is 1. The fourth-order valence-corrected chi connectivity index (χ4v) is 3.68.